The zero-order valence-electron chi connectivity index (χ0n) is 13.7. The molecule has 0 fully saturated rings. The molecular formula is C18H15ClN4O2. The van der Waals surface area contributed by atoms with E-state index in [9.17, 15) is 0 Å². The van der Waals surface area contributed by atoms with E-state index >= 15 is 0 Å². The Morgan fingerprint density at radius 1 is 1.12 bits per heavy atom. The molecule has 6 nitrogen and oxygen atoms in total. The molecule has 0 amide bonds. The Kier molecular flexibility index (Phi) is 3.69. The number of aromatic nitrogens is 4. The van der Waals surface area contributed by atoms with Crippen LogP contribution in [0.2, 0.25) is 5.02 Å². The lowest BCUT2D eigenvalue weighted by Crippen LogP contribution is -2.25. The molecule has 0 radical (unpaired) electrons. The minimum atomic E-state index is -0.781. The average Bonchev–Trinajstić information content (AvgIpc) is 3.25. The molecule has 0 bridgehead atoms. The zero-order chi connectivity index (χ0) is 17.4. The molecule has 4 aromatic rings. The first-order valence-electron chi connectivity index (χ1n) is 7.73. The largest absolute Gasteiger partial charge is 0.478 e. The van der Waals surface area contributed by atoms with Crippen molar-refractivity contribution in [2.75, 3.05) is 0 Å². The third-order valence-electron chi connectivity index (χ3n) is 3.81. The van der Waals surface area contributed by atoms with Gasteiger partial charge < -0.3 is 14.2 Å². The first-order chi connectivity index (χ1) is 12.0. The van der Waals surface area contributed by atoms with Crippen LogP contribution in [-0.4, -0.2) is 20.1 Å². The van der Waals surface area contributed by atoms with Crippen LogP contribution in [0.1, 0.15) is 19.7 Å². The molecule has 2 heterocycles. The van der Waals surface area contributed by atoms with Crippen LogP contribution < -0.4 is 4.74 Å². The lowest BCUT2D eigenvalue weighted by molar-refractivity contribution is 0.0692. The second kappa shape index (κ2) is 5.89. The van der Waals surface area contributed by atoms with Crippen LogP contribution in [0.15, 0.2) is 53.3 Å². The fourth-order valence-electron chi connectivity index (χ4n) is 2.50. The summed E-state index contributed by atoms with van der Waals surface area (Å²) in [6, 6.07) is 12.9. The Labute approximate surface area is 148 Å². The molecule has 126 valence electrons. The van der Waals surface area contributed by atoms with Crippen molar-refractivity contribution in [3.05, 3.63) is 59.7 Å². The van der Waals surface area contributed by atoms with E-state index in [1.54, 1.807) is 30.6 Å². The maximum absolute atomic E-state index is 5.98. The third-order valence-corrected chi connectivity index (χ3v) is 4.06. The highest BCUT2D eigenvalue weighted by Gasteiger charge is 2.30. The number of imidazole rings is 1. The molecule has 0 aliphatic heterocycles. The normalized spacial score (nSPS) is 11.8. The Balaban J connectivity index is 1.61. The van der Waals surface area contributed by atoms with E-state index in [0.29, 0.717) is 22.5 Å². The van der Waals surface area contributed by atoms with E-state index in [1.807, 2.05) is 32.0 Å². The number of aromatic amines is 1. The Bertz CT molecular complexity index is 1020. The predicted octanol–water partition coefficient (Wildman–Crippen LogP) is 4.58. The predicted molar refractivity (Wildman–Crippen MR) is 94.5 cm³/mol. The molecule has 7 heteroatoms. The van der Waals surface area contributed by atoms with Gasteiger partial charge in [0.25, 0.3) is 5.89 Å². The van der Waals surface area contributed by atoms with Crippen molar-refractivity contribution in [3.63, 3.8) is 0 Å². The van der Waals surface area contributed by atoms with Crippen molar-refractivity contribution in [2.24, 2.45) is 0 Å². The van der Waals surface area contributed by atoms with E-state index in [2.05, 4.69) is 20.1 Å². The Morgan fingerprint density at radius 2 is 1.92 bits per heavy atom. The Morgan fingerprint density at radius 3 is 2.72 bits per heavy atom. The number of hydrogen-bond acceptors (Lipinski definition) is 5. The maximum atomic E-state index is 5.98. The van der Waals surface area contributed by atoms with Crippen LogP contribution in [0.5, 0.6) is 5.75 Å². The number of nitrogens with zero attached hydrogens (tertiary/aromatic N) is 3. The molecule has 0 aliphatic rings. The highest BCUT2D eigenvalue weighted by molar-refractivity contribution is 6.30. The molecule has 0 saturated carbocycles. The third kappa shape index (κ3) is 3.08. The second-order valence-electron chi connectivity index (χ2n) is 6.12. The van der Waals surface area contributed by atoms with E-state index in [1.165, 1.54) is 0 Å². The van der Waals surface area contributed by atoms with Crippen LogP contribution in [-0.2, 0) is 5.60 Å². The molecule has 0 aliphatic carbocycles. The fourth-order valence-corrected chi connectivity index (χ4v) is 2.63. The van der Waals surface area contributed by atoms with Crippen molar-refractivity contribution >= 4 is 22.6 Å². The fraction of sp³-hybridized carbons (Fsp3) is 0.167. The van der Waals surface area contributed by atoms with E-state index in [0.717, 1.165) is 16.6 Å². The number of hydrogen-bond donors (Lipinski definition) is 1. The summed E-state index contributed by atoms with van der Waals surface area (Å²) in [4.78, 5) is 11.8. The quantitative estimate of drug-likeness (QED) is 0.580. The molecule has 2 aromatic heterocycles. The highest BCUT2D eigenvalue weighted by atomic mass is 35.5. The second-order valence-corrected chi connectivity index (χ2v) is 6.56. The minimum absolute atomic E-state index is 0.391. The Hall–Kier alpha value is -2.86. The van der Waals surface area contributed by atoms with E-state index in [4.69, 9.17) is 20.9 Å². The molecule has 0 saturated heterocycles. The smallest absolute Gasteiger partial charge is 0.270 e. The number of benzene rings is 2. The van der Waals surface area contributed by atoms with Crippen LogP contribution in [0.3, 0.4) is 0 Å². The van der Waals surface area contributed by atoms with Gasteiger partial charge in [0.1, 0.15) is 5.75 Å². The van der Waals surface area contributed by atoms with Crippen LogP contribution in [0.4, 0.5) is 0 Å². The molecule has 0 unspecified atom stereocenters. The molecule has 25 heavy (non-hydrogen) atoms. The maximum Gasteiger partial charge on any atom is 0.270 e. The van der Waals surface area contributed by atoms with Crippen molar-refractivity contribution < 1.29 is 9.26 Å². The van der Waals surface area contributed by atoms with Gasteiger partial charge in [-0.25, -0.2) is 4.98 Å². The van der Waals surface area contributed by atoms with Gasteiger partial charge in [0.05, 0.1) is 17.4 Å². The highest BCUT2D eigenvalue weighted by Crippen LogP contribution is 2.29. The number of rotatable bonds is 4. The van der Waals surface area contributed by atoms with Gasteiger partial charge in [-0.2, -0.15) is 4.98 Å². The van der Waals surface area contributed by atoms with Gasteiger partial charge in [0.2, 0.25) is 5.82 Å². The summed E-state index contributed by atoms with van der Waals surface area (Å²) in [6.07, 6.45) is 1.65. The number of H-pyrrole nitrogens is 1. The lowest BCUT2D eigenvalue weighted by Gasteiger charge is -2.22. The van der Waals surface area contributed by atoms with Gasteiger partial charge in [0.15, 0.2) is 5.60 Å². The first kappa shape index (κ1) is 15.7. The van der Waals surface area contributed by atoms with Crippen LogP contribution in [0.25, 0.3) is 22.4 Å². The van der Waals surface area contributed by atoms with Crippen molar-refractivity contribution in [1.82, 2.24) is 20.1 Å². The van der Waals surface area contributed by atoms with Crippen molar-refractivity contribution in [2.45, 2.75) is 19.4 Å². The summed E-state index contributed by atoms with van der Waals surface area (Å²) in [6.45, 7) is 3.74. The summed E-state index contributed by atoms with van der Waals surface area (Å²) in [7, 11) is 0. The molecule has 4 rings (SSSR count). The summed E-state index contributed by atoms with van der Waals surface area (Å²) >= 11 is 5.90. The van der Waals surface area contributed by atoms with Gasteiger partial charge in [-0.1, -0.05) is 16.8 Å². The molecular weight excluding hydrogens is 340 g/mol. The van der Waals surface area contributed by atoms with Crippen LogP contribution in [0, 0.1) is 0 Å². The summed E-state index contributed by atoms with van der Waals surface area (Å²) in [5.74, 6) is 1.56. The SMILES string of the molecule is CC(C)(Oc1ccc(Cl)cc1)c1nc(-c2ccc3nc[nH]c3c2)no1. The van der Waals surface area contributed by atoms with Gasteiger partial charge in [-0.05, 0) is 56.3 Å². The molecule has 0 atom stereocenters. The minimum Gasteiger partial charge on any atom is -0.478 e. The van der Waals surface area contributed by atoms with Crippen LogP contribution >= 0.6 is 11.6 Å². The van der Waals surface area contributed by atoms with E-state index < -0.39 is 5.60 Å². The number of nitrogens with one attached hydrogen (secondary N) is 1. The zero-order valence-corrected chi connectivity index (χ0v) is 14.4. The van der Waals surface area contributed by atoms with Gasteiger partial charge >= 0.3 is 0 Å². The summed E-state index contributed by atoms with van der Waals surface area (Å²) < 4.78 is 11.4. The standard InChI is InChI=1S/C18H15ClN4O2/c1-18(2,24-13-6-4-12(19)5-7-13)17-22-16(23-25-17)11-3-8-14-15(9-11)21-10-20-14/h3-10H,1-2H3,(H,20,21). The molecule has 0 spiro atoms. The molecule has 1 N–H and O–H groups in total. The number of fused-ring (bicyclic) bond motifs is 1. The first-order valence-corrected chi connectivity index (χ1v) is 8.11. The number of ether oxygens (including phenoxy) is 1. The van der Waals surface area contributed by atoms with E-state index in [-0.39, 0.29) is 0 Å². The number of halogens is 1. The van der Waals surface area contributed by atoms with Gasteiger partial charge in [0, 0.05) is 10.6 Å². The summed E-state index contributed by atoms with van der Waals surface area (Å²) in [5.41, 5.74) is 1.87. The monoisotopic (exact) mass is 354 g/mol. The summed E-state index contributed by atoms with van der Waals surface area (Å²) in [5, 5.41) is 4.73. The van der Waals surface area contributed by atoms with Gasteiger partial charge in [-0.15, -0.1) is 0 Å². The van der Waals surface area contributed by atoms with Crippen molar-refractivity contribution in [1.29, 1.82) is 0 Å². The molecule has 2 aromatic carbocycles. The topological polar surface area (TPSA) is 76.8 Å². The lowest BCUT2D eigenvalue weighted by atomic mass is 10.1. The van der Waals surface area contributed by atoms with Crippen molar-refractivity contribution in [3.8, 4) is 17.1 Å². The average molecular weight is 355 g/mol. The van der Waals surface area contributed by atoms with Gasteiger partial charge in [-0.3, -0.25) is 0 Å².